The SMILES string of the molecule is CC1CCC(C(C)C)C(O)(c2ccc(F)cc2)C1. The second kappa shape index (κ2) is 5.00. The van der Waals surface area contributed by atoms with Crippen LogP contribution < -0.4 is 0 Å². The van der Waals surface area contributed by atoms with Crippen molar-refractivity contribution in [3.63, 3.8) is 0 Å². The molecular formula is C16H23FO. The zero-order valence-electron chi connectivity index (χ0n) is 11.5. The Hall–Kier alpha value is -0.890. The number of hydrogen-bond acceptors (Lipinski definition) is 1. The fourth-order valence-corrected chi connectivity index (χ4v) is 3.44. The molecule has 100 valence electrons. The number of rotatable bonds is 2. The van der Waals surface area contributed by atoms with Crippen LogP contribution in [0.2, 0.25) is 0 Å². The third-order valence-electron chi connectivity index (χ3n) is 4.39. The summed E-state index contributed by atoms with van der Waals surface area (Å²) in [4.78, 5) is 0. The highest BCUT2D eigenvalue weighted by Crippen LogP contribution is 2.47. The van der Waals surface area contributed by atoms with Gasteiger partial charge in [-0.15, -0.1) is 0 Å². The Bertz CT molecular complexity index is 398. The van der Waals surface area contributed by atoms with E-state index in [1.54, 1.807) is 12.1 Å². The van der Waals surface area contributed by atoms with Crippen molar-refractivity contribution < 1.29 is 9.50 Å². The number of hydrogen-bond donors (Lipinski definition) is 1. The Morgan fingerprint density at radius 3 is 2.39 bits per heavy atom. The maximum atomic E-state index is 13.0. The molecule has 1 nitrogen and oxygen atoms in total. The summed E-state index contributed by atoms with van der Waals surface area (Å²) in [5.41, 5.74) is 0.0775. The summed E-state index contributed by atoms with van der Waals surface area (Å²) in [5, 5.41) is 11.1. The summed E-state index contributed by atoms with van der Waals surface area (Å²) in [6.45, 7) is 6.51. The van der Waals surface area contributed by atoms with Crippen molar-refractivity contribution in [1.29, 1.82) is 0 Å². The molecule has 2 heteroatoms. The van der Waals surface area contributed by atoms with Gasteiger partial charge in [-0.2, -0.15) is 0 Å². The van der Waals surface area contributed by atoms with Crippen molar-refractivity contribution in [2.24, 2.45) is 17.8 Å². The second-order valence-electron chi connectivity index (χ2n) is 6.17. The monoisotopic (exact) mass is 250 g/mol. The normalized spacial score (nSPS) is 32.8. The molecule has 1 aromatic carbocycles. The predicted molar refractivity (Wildman–Crippen MR) is 71.6 cm³/mol. The molecule has 0 amide bonds. The molecule has 1 aliphatic carbocycles. The smallest absolute Gasteiger partial charge is 0.123 e. The molecule has 0 aromatic heterocycles. The zero-order chi connectivity index (χ0) is 13.3. The summed E-state index contributed by atoms with van der Waals surface area (Å²) in [7, 11) is 0. The van der Waals surface area contributed by atoms with Crippen molar-refractivity contribution in [3.05, 3.63) is 35.6 Å². The lowest BCUT2D eigenvalue weighted by molar-refractivity contribution is -0.0866. The predicted octanol–water partition coefficient (Wildman–Crippen LogP) is 4.11. The molecule has 0 heterocycles. The Morgan fingerprint density at radius 1 is 1.22 bits per heavy atom. The standard InChI is InChI=1S/C16H23FO/c1-11(2)15-9-4-12(3)10-16(15,18)13-5-7-14(17)8-6-13/h5-8,11-12,15,18H,4,9-10H2,1-3H3. The van der Waals surface area contributed by atoms with E-state index in [-0.39, 0.29) is 11.7 Å². The molecule has 1 fully saturated rings. The fraction of sp³-hybridized carbons (Fsp3) is 0.625. The molecule has 0 radical (unpaired) electrons. The van der Waals surface area contributed by atoms with E-state index < -0.39 is 5.60 Å². The topological polar surface area (TPSA) is 20.2 Å². The van der Waals surface area contributed by atoms with Crippen molar-refractivity contribution >= 4 is 0 Å². The first kappa shape index (κ1) is 13.5. The minimum absolute atomic E-state index is 0.243. The Balaban J connectivity index is 2.37. The molecule has 0 saturated heterocycles. The number of halogens is 1. The first-order chi connectivity index (χ1) is 8.43. The van der Waals surface area contributed by atoms with E-state index in [2.05, 4.69) is 20.8 Å². The van der Waals surface area contributed by atoms with Crippen LogP contribution in [0, 0.1) is 23.6 Å². The molecule has 0 aliphatic heterocycles. The highest BCUT2D eigenvalue weighted by atomic mass is 19.1. The quantitative estimate of drug-likeness (QED) is 0.837. The van der Waals surface area contributed by atoms with Crippen LogP contribution >= 0.6 is 0 Å². The van der Waals surface area contributed by atoms with Crippen molar-refractivity contribution in [2.45, 2.75) is 45.6 Å². The van der Waals surface area contributed by atoms with Gasteiger partial charge < -0.3 is 5.11 Å². The van der Waals surface area contributed by atoms with Crippen LogP contribution in [0.15, 0.2) is 24.3 Å². The highest BCUT2D eigenvalue weighted by molar-refractivity contribution is 5.25. The Kier molecular flexibility index (Phi) is 3.76. The van der Waals surface area contributed by atoms with E-state index in [1.807, 2.05) is 0 Å². The molecule has 1 aromatic rings. The van der Waals surface area contributed by atoms with Gasteiger partial charge in [0.1, 0.15) is 5.82 Å². The van der Waals surface area contributed by atoms with Crippen LogP contribution in [0.4, 0.5) is 4.39 Å². The highest BCUT2D eigenvalue weighted by Gasteiger charge is 2.43. The Morgan fingerprint density at radius 2 is 1.83 bits per heavy atom. The van der Waals surface area contributed by atoms with Crippen LogP contribution in [-0.4, -0.2) is 5.11 Å². The van der Waals surface area contributed by atoms with Crippen LogP contribution in [0.5, 0.6) is 0 Å². The molecule has 18 heavy (non-hydrogen) atoms. The maximum Gasteiger partial charge on any atom is 0.123 e. The first-order valence-electron chi connectivity index (χ1n) is 6.92. The van der Waals surface area contributed by atoms with Gasteiger partial charge in [-0.3, -0.25) is 0 Å². The van der Waals surface area contributed by atoms with Gasteiger partial charge in [0, 0.05) is 0 Å². The van der Waals surface area contributed by atoms with Gasteiger partial charge in [0.25, 0.3) is 0 Å². The maximum absolute atomic E-state index is 13.0. The van der Waals surface area contributed by atoms with Crippen LogP contribution in [0.25, 0.3) is 0 Å². The van der Waals surface area contributed by atoms with E-state index in [9.17, 15) is 9.50 Å². The zero-order valence-corrected chi connectivity index (χ0v) is 11.5. The average Bonchev–Trinajstić information content (AvgIpc) is 2.28. The van der Waals surface area contributed by atoms with Crippen molar-refractivity contribution in [1.82, 2.24) is 0 Å². The van der Waals surface area contributed by atoms with Crippen molar-refractivity contribution in [3.8, 4) is 0 Å². The first-order valence-corrected chi connectivity index (χ1v) is 6.92. The van der Waals surface area contributed by atoms with Gasteiger partial charge in [-0.05, 0) is 48.3 Å². The minimum atomic E-state index is -0.792. The summed E-state index contributed by atoms with van der Waals surface area (Å²) in [6.07, 6.45) is 3.00. The number of benzene rings is 1. The molecule has 1 saturated carbocycles. The van der Waals surface area contributed by atoms with Crippen molar-refractivity contribution in [2.75, 3.05) is 0 Å². The summed E-state index contributed by atoms with van der Waals surface area (Å²) < 4.78 is 13.0. The number of aliphatic hydroxyl groups is 1. The van der Waals surface area contributed by atoms with E-state index in [1.165, 1.54) is 18.6 Å². The summed E-state index contributed by atoms with van der Waals surface area (Å²) in [6, 6.07) is 6.37. The molecule has 1 N–H and O–H groups in total. The van der Waals surface area contributed by atoms with Gasteiger partial charge in [0.05, 0.1) is 5.60 Å². The largest absolute Gasteiger partial charge is 0.385 e. The minimum Gasteiger partial charge on any atom is -0.385 e. The molecule has 3 atom stereocenters. The lowest BCUT2D eigenvalue weighted by atomic mass is 9.64. The summed E-state index contributed by atoms with van der Waals surface area (Å²) in [5.74, 6) is 0.981. The van der Waals surface area contributed by atoms with Gasteiger partial charge in [0.15, 0.2) is 0 Å². The van der Waals surface area contributed by atoms with E-state index >= 15 is 0 Å². The van der Waals surface area contributed by atoms with Gasteiger partial charge >= 0.3 is 0 Å². The Labute approximate surface area is 109 Å². The van der Waals surface area contributed by atoms with Gasteiger partial charge in [0.2, 0.25) is 0 Å². The summed E-state index contributed by atoms with van der Waals surface area (Å²) >= 11 is 0. The molecule has 0 spiro atoms. The van der Waals surface area contributed by atoms with Crippen LogP contribution in [0.1, 0.15) is 45.6 Å². The third kappa shape index (κ3) is 2.44. The average molecular weight is 250 g/mol. The van der Waals surface area contributed by atoms with E-state index in [0.717, 1.165) is 18.4 Å². The molecule has 3 unspecified atom stereocenters. The van der Waals surface area contributed by atoms with Crippen LogP contribution in [0.3, 0.4) is 0 Å². The van der Waals surface area contributed by atoms with E-state index in [0.29, 0.717) is 11.8 Å². The molecular weight excluding hydrogens is 227 g/mol. The lowest BCUT2D eigenvalue weighted by Gasteiger charge is -2.45. The molecule has 0 bridgehead atoms. The lowest BCUT2D eigenvalue weighted by Crippen LogP contribution is -2.43. The third-order valence-corrected chi connectivity index (χ3v) is 4.39. The molecule has 2 rings (SSSR count). The van der Waals surface area contributed by atoms with Gasteiger partial charge in [-0.25, -0.2) is 4.39 Å². The van der Waals surface area contributed by atoms with Gasteiger partial charge in [-0.1, -0.05) is 39.3 Å². The molecule has 1 aliphatic rings. The van der Waals surface area contributed by atoms with Crippen LogP contribution in [-0.2, 0) is 5.60 Å². The fourth-order valence-electron chi connectivity index (χ4n) is 3.44. The van der Waals surface area contributed by atoms with E-state index in [4.69, 9.17) is 0 Å². The second-order valence-corrected chi connectivity index (χ2v) is 6.17.